The smallest absolute Gasteiger partial charge is 0.339 e. The van der Waals surface area contributed by atoms with Crippen LogP contribution >= 0.6 is 11.6 Å². The van der Waals surface area contributed by atoms with Crippen molar-refractivity contribution in [3.8, 4) is 5.75 Å². The number of halogens is 1. The zero-order valence-corrected chi connectivity index (χ0v) is 13.7. The molecule has 0 aliphatic carbocycles. The number of aromatic carboxylic acids is 1. The van der Waals surface area contributed by atoms with Crippen molar-refractivity contribution in [2.45, 2.75) is 13.3 Å². The van der Waals surface area contributed by atoms with Crippen molar-refractivity contribution in [2.24, 2.45) is 0 Å². The summed E-state index contributed by atoms with van der Waals surface area (Å²) in [6.45, 7) is 1.76. The maximum atomic E-state index is 12.5. The first kappa shape index (κ1) is 16.9. The molecule has 23 heavy (non-hydrogen) atoms. The number of hydrogen-bond acceptors (Lipinski definition) is 4. The van der Waals surface area contributed by atoms with Crippen molar-refractivity contribution >= 4 is 29.2 Å². The molecule has 0 saturated carbocycles. The van der Waals surface area contributed by atoms with Gasteiger partial charge in [0.25, 0.3) is 5.91 Å². The lowest BCUT2D eigenvalue weighted by molar-refractivity contribution is 0.0694. The lowest BCUT2D eigenvalue weighted by Crippen LogP contribution is -2.25. The average molecular weight is 338 g/mol. The van der Waals surface area contributed by atoms with E-state index in [9.17, 15) is 9.59 Å². The SMILES string of the molecule is CCc1oc(C(=O)N(C)c2ccc(OC)c(Cl)c2)cc1C(=O)O. The summed E-state index contributed by atoms with van der Waals surface area (Å²) in [7, 11) is 3.05. The molecule has 0 radical (unpaired) electrons. The van der Waals surface area contributed by atoms with Crippen molar-refractivity contribution in [1.82, 2.24) is 0 Å². The molecule has 122 valence electrons. The second-order valence-electron chi connectivity index (χ2n) is 4.79. The van der Waals surface area contributed by atoms with Crippen LogP contribution in [-0.4, -0.2) is 31.1 Å². The minimum Gasteiger partial charge on any atom is -0.495 e. The van der Waals surface area contributed by atoms with Crippen LogP contribution in [-0.2, 0) is 6.42 Å². The van der Waals surface area contributed by atoms with Crippen molar-refractivity contribution < 1.29 is 23.8 Å². The molecule has 1 N–H and O–H groups in total. The summed E-state index contributed by atoms with van der Waals surface area (Å²) in [5.74, 6) is -0.861. The van der Waals surface area contributed by atoms with Crippen LogP contribution < -0.4 is 9.64 Å². The van der Waals surface area contributed by atoms with E-state index in [4.69, 9.17) is 25.9 Å². The Bertz CT molecular complexity index is 753. The molecule has 1 aromatic carbocycles. The highest BCUT2D eigenvalue weighted by molar-refractivity contribution is 6.32. The molecular weight excluding hydrogens is 322 g/mol. The molecule has 0 fully saturated rings. The van der Waals surface area contributed by atoms with Gasteiger partial charge in [0.15, 0.2) is 5.76 Å². The van der Waals surface area contributed by atoms with Gasteiger partial charge in [-0.15, -0.1) is 0 Å². The largest absolute Gasteiger partial charge is 0.495 e. The monoisotopic (exact) mass is 337 g/mol. The Morgan fingerprint density at radius 3 is 2.52 bits per heavy atom. The van der Waals surface area contributed by atoms with E-state index in [2.05, 4.69) is 0 Å². The zero-order chi connectivity index (χ0) is 17.1. The Balaban J connectivity index is 2.33. The van der Waals surface area contributed by atoms with E-state index in [1.54, 1.807) is 32.2 Å². The summed E-state index contributed by atoms with van der Waals surface area (Å²) >= 11 is 6.05. The van der Waals surface area contributed by atoms with Crippen molar-refractivity contribution in [2.75, 3.05) is 19.1 Å². The molecule has 0 aliphatic heterocycles. The third kappa shape index (κ3) is 3.32. The first-order chi connectivity index (χ1) is 10.9. The van der Waals surface area contributed by atoms with Crippen molar-refractivity contribution in [3.63, 3.8) is 0 Å². The van der Waals surface area contributed by atoms with Crippen molar-refractivity contribution in [1.29, 1.82) is 0 Å². The third-order valence-corrected chi connectivity index (χ3v) is 3.69. The van der Waals surface area contributed by atoms with E-state index in [1.165, 1.54) is 18.1 Å². The minimum absolute atomic E-state index is 0.00277. The number of anilines is 1. The Morgan fingerprint density at radius 2 is 2.04 bits per heavy atom. The number of carbonyl (C=O) groups excluding carboxylic acids is 1. The summed E-state index contributed by atoms with van der Waals surface area (Å²) in [5.41, 5.74) is 0.532. The van der Waals surface area contributed by atoms with Gasteiger partial charge in [0, 0.05) is 25.2 Å². The third-order valence-electron chi connectivity index (χ3n) is 3.40. The van der Waals surface area contributed by atoms with E-state index < -0.39 is 11.9 Å². The Labute approximate surface area is 138 Å². The Morgan fingerprint density at radius 1 is 1.35 bits per heavy atom. The number of hydrogen-bond donors (Lipinski definition) is 1. The number of carboxylic acids is 1. The molecule has 1 aromatic heterocycles. The number of furan rings is 1. The van der Waals surface area contributed by atoms with Crippen LogP contribution in [0.1, 0.15) is 33.6 Å². The predicted molar refractivity (Wildman–Crippen MR) is 85.8 cm³/mol. The molecule has 1 heterocycles. The number of aryl methyl sites for hydroxylation is 1. The number of amides is 1. The van der Waals surface area contributed by atoms with E-state index >= 15 is 0 Å². The highest BCUT2D eigenvalue weighted by atomic mass is 35.5. The Hall–Kier alpha value is -2.47. The van der Waals surface area contributed by atoms with Crippen LogP contribution in [0.3, 0.4) is 0 Å². The first-order valence-corrected chi connectivity index (χ1v) is 7.24. The summed E-state index contributed by atoms with van der Waals surface area (Å²) in [6, 6.07) is 6.14. The van der Waals surface area contributed by atoms with Gasteiger partial charge in [0.1, 0.15) is 17.1 Å². The van der Waals surface area contributed by atoms with E-state index in [1.807, 2.05) is 0 Å². The molecule has 0 atom stereocenters. The van der Waals surface area contributed by atoms with Crippen LogP contribution in [0, 0.1) is 0 Å². The van der Waals surface area contributed by atoms with Crippen LogP contribution in [0.4, 0.5) is 5.69 Å². The fourth-order valence-corrected chi connectivity index (χ4v) is 2.38. The van der Waals surface area contributed by atoms with Gasteiger partial charge in [-0.3, -0.25) is 4.79 Å². The van der Waals surface area contributed by atoms with Crippen molar-refractivity contribution in [3.05, 3.63) is 46.4 Å². The molecule has 6 nitrogen and oxygen atoms in total. The second kappa shape index (κ2) is 6.75. The van der Waals surface area contributed by atoms with Gasteiger partial charge in [-0.05, 0) is 18.2 Å². The van der Waals surface area contributed by atoms with Gasteiger partial charge in [0.2, 0.25) is 0 Å². The topological polar surface area (TPSA) is 80.0 Å². The number of carbonyl (C=O) groups is 2. The molecule has 0 unspecified atom stereocenters. The molecule has 2 rings (SSSR count). The quantitative estimate of drug-likeness (QED) is 0.903. The minimum atomic E-state index is -1.13. The molecule has 2 aromatic rings. The van der Waals surface area contributed by atoms with Crippen LogP contribution in [0.15, 0.2) is 28.7 Å². The number of ether oxygens (including phenoxy) is 1. The van der Waals surface area contributed by atoms with Crippen LogP contribution in [0.5, 0.6) is 5.75 Å². The highest BCUT2D eigenvalue weighted by Crippen LogP contribution is 2.29. The molecule has 1 amide bonds. The van der Waals surface area contributed by atoms with E-state index in [0.717, 1.165) is 0 Å². The second-order valence-corrected chi connectivity index (χ2v) is 5.20. The maximum Gasteiger partial charge on any atom is 0.339 e. The molecule has 0 saturated heterocycles. The molecular formula is C16H16ClNO5. The predicted octanol–water partition coefficient (Wildman–Crippen LogP) is 3.48. The highest BCUT2D eigenvalue weighted by Gasteiger charge is 2.23. The molecule has 7 heteroatoms. The lowest BCUT2D eigenvalue weighted by Gasteiger charge is -2.17. The van der Waals surface area contributed by atoms with Gasteiger partial charge in [-0.25, -0.2) is 4.79 Å². The molecule has 0 aliphatic rings. The summed E-state index contributed by atoms with van der Waals surface area (Å²) in [4.78, 5) is 25.0. The van der Waals surface area contributed by atoms with Crippen LogP contribution in [0.25, 0.3) is 0 Å². The van der Waals surface area contributed by atoms with Gasteiger partial charge >= 0.3 is 5.97 Å². The number of rotatable bonds is 5. The summed E-state index contributed by atoms with van der Waals surface area (Å²) in [6.07, 6.45) is 0.382. The molecule has 0 spiro atoms. The lowest BCUT2D eigenvalue weighted by atomic mass is 10.2. The molecule has 0 bridgehead atoms. The standard InChI is InChI=1S/C16H16ClNO5/c1-4-12-10(16(20)21)8-14(23-12)15(19)18(2)9-5-6-13(22-3)11(17)7-9/h5-8H,4H2,1-3H3,(H,20,21). The number of nitrogens with zero attached hydrogens (tertiary/aromatic N) is 1. The summed E-state index contributed by atoms with van der Waals surface area (Å²) in [5, 5.41) is 9.49. The number of carboxylic acid groups (broad SMARTS) is 1. The van der Waals surface area contributed by atoms with Gasteiger partial charge in [0.05, 0.1) is 12.1 Å². The number of methoxy groups -OCH3 is 1. The fourth-order valence-electron chi connectivity index (χ4n) is 2.12. The summed E-state index contributed by atoms with van der Waals surface area (Å²) < 4.78 is 10.4. The normalized spacial score (nSPS) is 10.4. The van der Waals surface area contributed by atoms with E-state index in [0.29, 0.717) is 22.9 Å². The van der Waals surface area contributed by atoms with Gasteiger partial charge in [-0.2, -0.15) is 0 Å². The first-order valence-electron chi connectivity index (χ1n) is 6.86. The Kier molecular flexibility index (Phi) is 4.95. The average Bonchev–Trinajstić information content (AvgIpc) is 2.98. The van der Waals surface area contributed by atoms with E-state index in [-0.39, 0.29) is 17.1 Å². The fraction of sp³-hybridized carbons (Fsp3) is 0.250. The van der Waals surface area contributed by atoms with Crippen LogP contribution in [0.2, 0.25) is 5.02 Å². The van der Waals surface area contributed by atoms with Gasteiger partial charge < -0.3 is 19.2 Å². The maximum absolute atomic E-state index is 12.5. The number of benzene rings is 1. The zero-order valence-electron chi connectivity index (χ0n) is 12.9. The van der Waals surface area contributed by atoms with Gasteiger partial charge in [-0.1, -0.05) is 18.5 Å².